The molecule has 37 heteroatoms. The Kier molecular flexibility index (Phi) is 73.3. The molecule has 0 saturated carbocycles. The Morgan fingerprint density at radius 1 is 0.483 bits per heavy atom. The van der Waals surface area contributed by atoms with E-state index in [1.807, 2.05) is 27.7 Å². The first kappa shape index (κ1) is 102. The van der Waals surface area contributed by atoms with Crippen molar-refractivity contribution in [3.63, 3.8) is 0 Å². The van der Waals surface area contributed by atoms with Crippen molar-refractivity contribution in [2.24, 2.45) is 17.8 Å². The van der Waals surface area contributed by atoms with E-state index < -0.39 is 119 Å². The minimum Gasteiger partial charge on any atom is -0.394 e. The molecule has 0 aromatic rings. The molecular formula is C52H111O28P5Y4. The molecule has 3 aliphatic rings. The van der Waals surface area contributed by atoms with E-state index in [4.69, 9.17) is 79.9 Å². The Morgan fingerprint density at radius 2 is 0.899 bits per heavy atom. The molecule has 3 heterocycles. The van der Waals surface area contributed by atoms with E-state index in [1.54, 1.807) is 13.8 Å². The largest absolute Gasteiger partial charge is 0.394 e. The molecule has 89 heavy (non-hydrogen) atoms. The van der Waals surface area contributed by atoms with Gasteiger partial charge in [-0.15, -0.1) is 0 Å². The van der Waals surface area contributed by atoms with Crippen molar-refractivity contribution in [2.75, 3.05) is 99.7 Å². The number of rotatable bonds is 42. The van der Waals surface area contributed by atoms with Crippen LogP contribution in [-0.2, 0) is 218 Å². The summed E-state index contributed by atoms with van der Waals surface area (Å²) in [5.41, 5.74) is 0. The molecule has 18 atom stereocenters. The fourth-order valence-electron chi connectivity index (χ4n) is 8.24. The van der Waals surface area contributed by atoms with Gasteiger partial charge in [0.15, 0.2) is 12.6 Å². The topological polar surface area (TPSA) is 389 Å². The molecule has 0 aromatic carbocycles. The molecule has 4 radical (unpaired) electrons. The Bertz CT molecular complexity index is 1650. The van der Waals surface area contributed by atoms with E-state index in [0.29, 0.717) is 70.4 Å². The number of hydrogen-bond donors (Lipinski definition) is 9. The van der Waals surface area contributed by atoms with E-state index >= 15 is 0 Å². The van der Waals surface area contributed by atoms with E-state index in [0.717, 1.165) is 25.7 Å². The molecule has 0 bridgehead atoms. The minimum absolute atomic E-state index is 0. The maximum absolute atomic E-state index is 12.2. The molecule has 3 rings (SSSR count). The summed E-state index contributed by atoms with van der Waals surface area (Å²) in [5, 5.41) is 82.6. The van der Waals surface area contributed by atoms with Gasteiger partial charge in [0.1, 0.15) is 42.7 Å². The smallest absolute Gasteiger partial charge is 0.319 e. The van der Waals surface area contributed by atoms with Crippen molar-refractivity contribution < 1.29 is 264 Å². The van der Waals surface area contributed by atoms with Crippen LogP contribution in [0.25, 0.3) is 0 Å². The maximum atomic E-state index is 12.2. The fourth-order valence-corrected chi connectivity index (χ4v) is 12.0. The van der Waals surface area contributed by atoms with Crippen LogP contribution in [0.2, 0.25) is 0 Å². The van der Waals surface area contributed by atoms with E-state index in [9.17, 15) is 48.9 Å². The first-order valence-electron chi connectivity index (χ1n) is 29.6. The van der Waals surface area contributed by atoms with E-state index in [1.165, 1.54) is 7.11 Å². The molecule has 0 spiro atoms. The van der Waals surface area contributed by atoms with Crippen LogP contribution < -0.4 is 0 Å². The Labute approximate surface area is 634 Å². The van der Waals surface area contributed by atoms with Crippen LogP contribution in [0.15, 0.2) is 0 Å². The minimum atomic E-state index is -2.94. The predicted octanol–water partition coefficient (Wildman–Crippen LogP) is 5.37. The third kappa shape index (κ3) is 46.1. The molecule has 3 fully saturated rings. The van der Waals surface area contributed by atoms with Gasteiger partial charge in [0.2, 0.25) is 0 Å². The SMILES string of the molecule is CCC(CC)OP(C)C.CCO[C@@H]1C(CO[PH](=O)OC(CC)CC)O[C@@H](C)[C@@H]1C.CO[PH](=O)OC(CO[PH](=O)OCCCCCOC1OC(CO)C(O)C(O)C1C)CO[PH](=O)OCCCCCOC1OC(CO)C(O)C(O)C1C.OCC(O)CO.[Y].[Y].[Y].[Y]. The summed E-state index contributed by atoms with van der Waals surface area (Å²) in [6.45, 7) is 21.6. The third-order valence-electron chi connectivity index (χ3n) is 13.8. The zero-order valence-corrected chi connectivity index (χ0v) is 70.7. The van der Waals surface area contributed by atoms with Crippen molar-refractivity contribution in [3.8, 4) is 0 Å². The van der Waals surface area contributed by atoms with Gasteiger partial charge in [-0.3, -0.25) is 18.3 Å². The summed E-state index contributed by atoms with van der Waals surface area (Å²) in [6.07, 6.45) is -1.92. The Hall–Kier alpha value is 4.81. The van der Waals surface area contributed by atoms with Crippen LogP contribution in [-0.4, -0.2) is 238 Å². The molecule has 0 aliphatic carbocycles. The molecule has 3 aliphatic heterocycles. The Morgan fingerprint density at radius 3 is 1.25 bits per heavy atom. The number of ether oxygens (including phenoxy) is 6. The van der Waals surface area contributed by atoms with Gasteiger partial charge in [0, 0.05) is 184 Å². The predicted molar refractivity (Wildman–Crippen MR) is 320 cm³/mol. The van der Waals surface area contributed by atoms with Gasteiger partial charge in [-0.2, -0.15) is 0 Å². The van der Waals surface area contributed by atoms with Gasteiger partial charge in [-0.1, -0.05) is 48.5 Å². The zero-order chi connectivity index (χ0) is 64.4. The molecule has 28 nitrogen and oxygen atoms in total. The van der Waals surface area contributed by atoms with Gasteiger partial charge >= 0.3 is 33.0 Å². The van der Waals surface area contributed by atoms with Crippen LogP contribution in [0.3, 0.4) is 0 Å². The van der Waals surface area contributed by atoms with Gasteiger partial charge in [-0.25, -0.2) is 0 Å². The molecule has 9 N–H and O–H groups in total. The van der Waals surface area contributed by atoms with Crippen molar-refractivity contribution in [2.45, 2.75) is 218 Å². The number of unbranched alkanes of at least 4 members (excludes halogenated alkanes) is 4. The summed E-state index contributed by atoms with van der Waals surface area (Å²) in [7, 11) is -10.2. The molecular weight excluding hydrogens is 1580 g/mol. The number of hydrogen-bond acceptors (Lipinski definition) is 28. The fraction of sp³-hybridized carbons (Fsp3) is 1.00. The monoisotopic (exact) mass is 1690 g/mol. The summed E-state index contributed by atoms with van der Waals surface area (Å²) in [4.78, 5) is 0. The van der Waals surface area contributed by atoms with Crippen LogP contribution >= 0.6 is 41.2 Å². The van der Waals surface area contributed by atoms with Crippen LogP contribution in [0, 0.1) is 17.8 Å². The van der Waals surface area contributed by atoms with E-state index in [2.05, 4.69) is 38.6 Å². The van der Waals surface area contributed by atoms with Crippen LogP contribution in [0.4, 0.5) is 0 Å². The van der Waals surface area contributed by atoms with Crippen molar-refractivity contribution in [3.05, 3.63) is 0 Å². The summed E-state index contributed by atoms with van der Waals surface area (Å²) < 4.78 is 129. The first-order valence-corrected chi connectivity index (χ1v) is 36.7. The Balaban J connectivity index is -0.000000492. The second-order valence-electron chi connectivity index (χ2n) is 20.7. The summed E-state index contributed by atoms with van der Waals surface area (Å²) in [5.74, 6) is -0.659. The van der Waals surface area contributed by atoms with Gasteiger partial charge < -0.3 is 115 Å². The first-order chi connectivity index (χ1) is 40.5. The second-order valence-corrected chi connectivity index (χ2v) is 26.8. The van der Waals surface area contributed by atoms with Crippen molar-refractivity contribution in [1.82, 2.24) is 0 Å². The third-order valence-corrected chi connectivity index (χ3v) is 18.0. The average Bonchev–Trinajstić information content (AvgIpc) is 3.36. The zero-order valence-electron chi connectivity index (χ0n) is 54.5. The molecule has 15 unspecified atom stereocenters. The summed E-state index contributed by atoms with van der Waals surface area (Å²) >= 11 is 0. The summed E-state index contributed by atoms with van der Waals surface area (Å²) in [6, 6.07) is 0. The molecule has 3 saturated heterocycles. The van der Waals surface area contributed by atoms with Gasteiger partial charge in [0.05, 0.1) is 96.1 Å². The molecule has 0 aromatic heterocycles. The van der Waals surface area contributed by atoms with Gasteiger partial charge in [-0.05, 0) is 91.4 Å². The maximum Gasteiger partial charge on any atom is 0.319 e. The molecule has 524 valence electrons. The standard InChI is InChI=1S/C28H57O19P3.C14H29O5P.C7H17OP.C3H8O3.4Y/c1-18-23(31)25(33)21(14-29)45-27(18)39-10-6-4-8-12-41-49(36)43-16-20(47-48(35)38-3)17-44-50(37)42-13-9-5-7-11-40-28-19(2)24(32)26(34)22(15-30)46-28;1-6-12(7-2)19-20(15)17-9-13-14(16-8-3)10(4)11(5)18-13;1-5-7(6-2)8-9(3)4;4-1-3(6)2-5;;;;/h18-34,48-50H,4-17H2,1-3H3;10-14,20H,6-9H2,1-5H3;7H,5-6H2,1-4H3;3-6H,1-2H2;;;;/t;10-,11-,13?,14-;;;;;;/m.0....../s1. The van der Waals surface area contributed by atoms with E-state index in [-0.39, 0.29) is 210 Å². The van der Waals surface area contributed by atoms with Crippen LogP contribution in [0.5, 0.6) is 0 Å². The number of aliphatic hydroxyl groups excluding tert-OH is 9. The number of aliphatic hydroxyl groups is 9. The van der Waals surface area contributed by atoms with Crippen LogP contribution in [0.1, 0.15) is 127 Å². The van der Waals surface area contributed by atoms with Gasteiger partial charge in [0.25, 0.3) is 0 Å². The normalized spacial score (nSPS) is 27.4. The van der Waals surface area contributed by atoms with Crippen molar-refractivity contribution >= 4 is 41.2 Å². The quantitative estimate of drug-likeness (QED) is 0.0274. The average molecular weight is 1690 g/mol. The second kappa shape index (κ2) is 63.7. The molecule has 0 amide bonds. The van der Waals surface area contributed by atoms with Crippen molar-refractivity contribution in [1.29, 1.82) is 0 Å².